The van der Waals surface area contributed by atoms with Gasteiger partial charge in [-0.3, -0.25) is 0 Å². The normalized spacial score (nSPS) is 11.6. The Morgan fingerprint density at radius 1 is 1.00 bits per heavy atom. The van der Waals surface area contributed by atoms with Crippen LogP contribution in [0.2, 0.25) is 0 Å². The number of rotatable bonds is 1. The molecule has 0 amide bonds. The van der Waals surface area contributed by atoms with Gasteiger partial charge in [0, 0.05) is 11.6 Å². The van der Waals surface area contributed by atoms with Crippen LogP contribution in [-0.4, -0.2) is 9.97 Å². The lowest BCUT2D eigenvalue weighted by Crippen LogP contribution is -2.11. The Kier molecular flexibility index (Phi) is 3.36. The first-order valence-electron chi connectivity index (χ1n) is 4.91. The second-order valence-corrected chi connectivity index (χ2v) is 4.06. The number of hydrogen-bond donors (Lipinski definition) is 1. The molecule has 2 rings (SSSR count). The minimum Gasteiger partial charge on any atom is -0.335 e. The highest BCUT2D eigenvalue weighted by molar-refractivity contribution is 7.71. The topological polar surface area (TPSA) is 28.7 Å². The van der Waals surface area contributed by atoms with Gasteiger partial charge in [-0.2, -0.15) is 13.2 Å². The standard InChI is InChI=1S/C11H5F5N2S/c12-6-1-5(2-7(13)3-6)8-4-9(19)18-10(17-8)11(14,15)16/h1-4H,(H,17,18,19). The number of hydrogen-bond acceptors (Lipinski definition) is 2. The van der Waals surface area contributed by atoms with E-state index in [4.69, 9.17) is 0 Å². The zero-order valence-corrected chi connectivity index (χ0v) is 9.87. The van der Waals surface area contributed by atoms with Crippen molar-refractivity contribution in [3.8, 4) is 11.3 Å². The summed E-state index contributed by atoms with van der Waals surface area (Å²) in [6, 6.07) is 3.50. The Bertz CT molecular complexity index is 657. The largest absolute Gasteiger partial charge is 0.449 e. The molecular weight excluding hydrogens is 287 g/mol. The Balaban J connectivity index is 2.63. The number of nitrogens with one attached hydrogen (secondary N) is 1. The van der Waals surface area contributed by atoms with Crippen LogP contribution in [0.3, 0.4) is 0 Å². The van der Waals surface area contributed by atoms with Crippen LogP contribution in [0, 0.1) is 16.3 Å². The second-order valence-electron chi connectivity index (χ2n) is 3.64. The first kappa shape index (κ1) is 13.6. The van der Waals surface area contributed by atoms with E-state index in [0.717, 1.165) is 18.2 Å². The molecule has 0 aliphatic heterocycles. The maximum absolute atomic E-state index is 13.0. The van der Waals surface area contributed by atoms with Crippen LogP contribution < -0.4 is 0 Å². The van der Waals surface area contributed by atoms with E-state index < -0.39 is 23.6 Å². The van der Waals surface area contributed by atoms with Gasteiger partial charge < -0.3 is 4.98 Å². The van der Waals surface area contributed by atoms with Gasteiger partial charge in [-0.15, -0.1) is 0 Å². The van der Waals surface area contributed by atoms with Crippen LogP contribution in [0.15, 0.2) is 24.3 Å². The zero-order valence-electron chi connectivity index (χ0n) is 9.05. The third-order valence-corrected chi connectivity index (χ3v) is 2.39. The van der Waals surface area contributed by atoms with Crippen molar-refractivity contribution in [2.45, 2.75) is 6.18 Å². The van der Waals surface area contributed by atoms with E-state index >= 15 is 0 Å². The molecule has 0 saturated carbocycles. The molecule has 1 aromatic carbocycles. The summed E-state index contributed by atoms with van der Waals surface area (Å²) in [5.41, 5.74) is -0.248. The zero-order chi connectivity index (χ0) is 14.2. The number of nitrogens with zero attached hydrogens (tertiary/aromatic N) is 1. The Hall–Kier alpha value is -1.83. The predicted octanol–water partition coefficient (Wildman–Crippen LogP) is 4.10. The predicted molar refractivity (Wildman–Crippen MR) is 59.8 cm³/mol. The molecule has 1 N–H and O–H groups in total. The van der Waals surface area contributed by atoms with Crippen molar-refractivity contribution in [2.75, 3.05) is 0 Å². The summed E-state index contributed by atoms with van der Waals surface area (Å²) in [5.74, 6) is -3.13. The van der Waals surface area contributed by atoms with E-state index in [-0.39, 0.29) is 15.9 Å². The molecule has 0 bridgehead atoms. The number of halogens is 5. The monoisotopic (exact) mass is 292 g/mol. The van der Waals surface area contributed by atoms with Crippen molar-refractivity contribution in [3.05, 3.63) is 46.4 Å². The first-order chi connectivity index (χ1) is 8.75. The van der Waals surface area contributed by atoms with Crippen molar-refractivity contribution in [2.24, 2.45) is 0 Å². The Labute approximate surface area is 108 Å². The third kappa shape index (κ3) is 3.14. The molecule has 1 heterocycles. The van der Waals surface area contributed by atoms with E-state index in [2.05, 4.69) is 17.2 Å². The third-order valence-electron chi connectivity index (χ3n) is 2.18. The van der Waals surface area contributed by atoms with E-state index in [1.807, 2.05) is 4.98 Å². The fraction of sp³-hybridized carbons (Fsp3) is 0.0909. The minimum absolute atomic E-state index is 0.0866. The lowest BCUT2D eigenvalue weighted by atomic mass is 10.1. The molecule has 0 spiro atoms. The molecule has 1 aromatic heterocycles. The summed E-state index contributed by atoms with van der Waals surface area (Å²) in [7, 11) is 0. The van der Waals surface area contributed by atoms with E-state index in [9.17, 15) is 22.0 Å². The summed E-state index contributed by atoms with van der Waals surface area (Å²) in [4.78, 5) is 5.08. The van der Waals surface area contributed by atoms with E-state index in [0.29, 0.717) is 6.07 Å². The molecule has 8 heteroatoms. The summed E-state index contributed by atoms with van der Waals surface area (Å²) in [5, 5.41) is 0. The molecule has 0 radical (unpaired) electrons. The molecule has 2 aromatic rings. The highest BCUT2D eigenvalue weighted by Crippen LogP contribution is 2.28. The number of benzene rings is 1. The maximum atomic E-state index is 13.0. The van der Waals surface area contributed by atoms with E-state index in [1.165, 1.54) is 0 Å². The highest BCUT2D eigenvalue weighted by Gasteiger charge is 2.34. The van der Waals surface area contributed by atoms with Crippen molar-refractivity contribution in [1.82, 2.24) is 9.97 Å². The smallest absolute Gasteiger partial charge is 0.335 e. The van der Waals surface area contributed by atoms with Gasteiger partial charge in [0.05, 0.1) is 5.69 Å². The van der Waals surface area contributed by atoms with Gasteiger partial charge in [0.15, 0.2) is 0 Å². The summed E-state index contributed by atoms with van der Waals surface area (Å²) in [6.07, 6.45) is -4.73. The van der Waals surface area contributed by atoms with Crippen LogP contribution in [0.5, 0.6) is 0 Å². The van der Waals surface area contributed by atoms with Crippen molar-refractivity contribution in [1.29, 1.82) is 0 Å². The van der Waals surface area contributed by atoms with Crippen LogP contribution in [0.1, 0.15) is 5.82 Å². The quantitative estimate of drug-likeness (QED) is 0.633. The molecule has 0 aliphatic rings. The number of H-pyrrole nitrogens is 1. The van der Waals surface area contributed by atoms with Gasteiger partial charge >= 0.3 is 6.18 Å². The van der Waals surface area contributed by atoms with Crippen molar-refractivity contribution in [3.63, 3.8) is 0 Å². The number of alkyl halides is 3. The first-order valence-corrected chi connectivity index (χ1v) is 5.31. The van der Waals surface area contributed by atoms with Crippen molar-refractivity contribution >= 4 is 12.2 Å². The fourth-order valence-corrected chi connectivity index (χ4v) is 1.67. The molecule has 0 saturated heterocycles. The average Bonchev–Trinajstić information content (AvgIpc) is 2.25. The SMILES string of the molecule is Fc1cc(F)cc(-c2cc(=S)nc(C(F)(F)F)[nH]2)c1. The molecule has 0 aliphatic carbocycles. The Morgan fingerprint density at radius 3 is 2.11 bits per heavy atom. The van der Waals surface area contributed by atoms with Gasteiger partial charge in [-0.25, -0.2) is 13.8 Å². The van der Waals surface area contributed by atoms with Gasteiger partial charge in [0.1, 0.15) is 16.3 Å². The molecule has 19 heavy (non-hydrogen) atoms. The molecule has 0 atom stereocenters. The minimum atomic E-state index is -4.73. The van der Waals surface area contributed by atoms with Crippen LogP contribution >= 0.6 is 12.2 Å². The molecule has 0 fully saturated rings. The molecule has 2 nitrogen and oxygen atoms in total. The maximum Gasteiger partial charge on any atom is 0.449 e. The fourth-order valence-electron chi connectivity index (χ4n) is 1.46. The summed E-state index contributed by atoms with van der Waals surface area (Å²) >= 11 is 4.60. The molecule has 100 valence electrons. The summed E-state index contributed by atoms with van der Waals surface area (Å²) < 4.78 is 63.3. The molecule has 0 unspecified atom stereocenters. The van der Waals surface area contributed by atoms with Crippen LogP contribution in [0.4, 0.5) is 22.0 Å². The number of aromatic nitrogens is 2. The lowest BCUT2D eigenvalue weighted by Gasteiger charge is -2.09. The van der Waals surface area contributed by atoms with Gasteiger partial charge in [-0.05, 0) is 18.2 Å². The van der Waals surface area contributed by atoms with Crippen LogP contribution in [0.25, 0.3) is 11.3 Å². The van der Waals surface area contributed by atoms with Crippen molar-refractivity contribution < 1.29 is 22.0 Å². The van der Waals surface area contributed by atoms with Gasteiger partial charge in [0.2, 0.25) is 5.82 Å². The molecular formula is C11H5F5N2S. The average molecular weight is 292 g/mol. The Morgan fingerprint density at radius 2 is 1.58 bits per heavy atom. The van der Waals surface area contributed by atoms with E-state index in [1.54, 1.807) is 0 Å². The number of aromatic amines is 1. The highest BCUT2D eigenvalue weighted by atomic mass is 32.1. The van der Waals surface area contributed by atoms with Crippen LogP contribution in [-0.2, 0) is 6.18 Å². The summed E-state index contributed by atoms with van der Waals surface area (Å²) in [6.45, 7) is 0. The second kappa shape index (κ2) is 4.69. The lowest BCUT2D eigenvalue weighted by molar-refractivity contribution is -0.144. The van der Waals surface area contributed by atoms with Gasteiger partial charge in [-0.1, -0.05) is 12.2 Å². The van der Waals surface area contributed by atoms with Gasteiger partial charge in [0.25, 0.3) is 0 Å².